The van der Waals surface area contributed by atoms with Gasteiger partial charge in [0.25, 0.3) is 10.0 Å². The number of H-pyrrole nitrogens is 1. The maximum absolute atomic E-state index is 11.8. The molecule has 5 nitrogen and oxygen atoms in total. The fourth-order valence-corrected chi connectivity index (χ4v) is 2.30. The molecule has 0 aliphatic rings. The zero-order valence-corrected chi connectivity index (χ0v) is 9.59. The van der Waals surface area contributed by atoms with Crippen LogP contribution in [-0.2, 0) is 10.0 Å². The second-order valence-corrected chi connectivity index (χ2v) is 5.17. The molecule has 0 aliphatic carbocycles. The van der Waals surface area contributed by atoms with Crippen LogP contribution in [0.4, 0.5) is 5.69 Å². The molecule has 0 saturated heterocycles. The highest BCUT2D eigenvalue weighted by atomic mass is 35.5. The summed E-state index contributed by atoms with van der Waals surface area (Å²) in [6.45, 7) is 0. The van der Waals surface area contributed by atoms with Gasteiger partial charge < -0.3 is 0 Å². The van der Waals surface area contributed by atoms with E-state index in [2.05, 4.69) is 14.9 Å². The van der Waals surface area contributed by atoms with Crippen molar-refractivity contribution in [2.45, 2.75) is 4.90 Å². The molecule has 1 aromatic carbocycles. The van der Waals surface area contributed by atoms with Gasteiger partial charge in [-0.05, 0) is 18.2 Å². The smallest absolute Gasteiger partial charge is 0.265 e. The van der Waals surface area contributed by atoms with Crippen molar-refractivity contribution in [2.24, 2.45) is 0 Å². The SMILES string of the molecule is O=S(=O)(Nc1cccc(Cl)c1)c1cn[nH]c1. The van der Waals surface area contributed by atoms with Crippen LogP contribution in [0.25, 0.3) is 0 Å². The first kappa shape index (κ1) is 11.0. The molecule has 7 heteroatoms. The van der Waals surface area contributed by atoms with Gasteiger partial charge in [-0.25, -0.2) is 8.42 Å². The number of rotatable bonds is 3. The third-order valence-corrected chi connectivity index (χ3v) is 3.44. The van der Waals surface area contributed by atoms with Crippen molar-refractivity contribution >= 4 is 27.3 Å². The second kappa shape index (κ2) is 4.15. The number of benzene rings is 1. The van der Waals surface area contributed by atoms with Gasteiger partial charge in [0.15, 0.2) is 0 Å². The summed E-state index contributed by atoms with van der Waals surface area (Å²) < 4.78 is 25.9. The van der Waals surface area contributed by atoms with Gasteiger partial charge in [-0.3, -0.25) is 9.82 Å². The molecule has 0 bridgehead atoms. The summed E-state index contributed by atoms with van der Waals surface area (Å²) in [5.41, 5.74) is 0.411. The molecule has 1 aromatic heterocycles. The maximum atomic E-state index is 11.8. The number of halogens is 1. The van der Waals surface area contributed by atoms with Crippen molar-refractivity contribution in [2.75, 3.05) is 4.72 Å². The van der Waals surface area contributed by atoms with E-state index in [1.165, 1.54) is 18.5 Å². The Hall–Kier alpha value is -1.53. The summed E-state index contributed by atoms with van der Waals surface area (Å²) in [7, 11) is -3.59. The number of sulfonamides is 1. The summed E-state index contributed by atoms with van der Waals surface area (Å²) in [5.74, 6) is 0. The lowest BCUT2D eigenvalue weighted by atomic mass is 10.3. The van der Waals surface area contributed by atoms with E-state index in [-0.39, 0.29) is 4.90 Å². The molecule has 0 spiro atoms. The Balaban J connectivity index is 2.29. The Morgan fingerprint density at radius 2 is 2.19 bits per heavy atom. The highest BCUT2D eigenvalue weighted by molar-refractivity contribution is 7.92. The van der Waals surface area contributed by atoms with Gasteiger partial charge in [0.1, 0.15) is 4.90 Å². The molecule has 0 aliphatic heterocycles. The number of nitrogens with one attached hydrogen (secondary N) is 2. The molecule has 1 heterocycles. The van der Waals surface area contributed by atoms with E-state index in [1.807, 2.05) is 0 Å². The van der Waals surface area contributed by atoms with Crippen molar-refractivity contribution in [3.63, 3.8) is 0 Å². The fraction of sp³-hybridized carbons (Fsp3) is 0. The van der Waals surface area contributed by atoms with E-state index in [0.29, 0.717) is 10.7 Å². The zero-order chi connectivity index (χ0) is 11.6. The Morgan fingerprint density at radius 3 is 2.81 bits per heavy atom. The van der Waals surface area contributed by atoms with Crippen LogP contribution in [0.3, 0.4) is 0 Å². The Bertz CT molecular complexity index is 581. The summed E-state index contributed by atoms with van der Waals surface area (Å²) in [5, 5.41) is 6.48. The Labute approximate surface area is 97.5 Å². The Morgan fingerprint density at radius 1 is 1.38 bits per heavy atom. The van der Waals surface area contributed by atoms with Crippen LogP contribution in [0, 0.1) is 0 Å². The predicted octanol–water partition coefficient (Wildman–Crippen LogP) is 1.86. The van der Waals surface area contributed by atoms with Crippen molar-refractivity contribution in [1.29, 1.82) is 0 Å². The number of nitrogens with zero attached hydrogens (tertiary/aromatic N) is 1. The molecule has 0 saturated carbocycles. The molecule has 2 aromatic rings. The van der Waals surface area contributed by atoms with E-state index in [4.69, 9.17) is 11.6 Å². The molecule has 0 radical (unpaired) electrons. The van der Waals surface area contributed by atoms with Gasteiger partial charge in [-0.15, -0.1) is 0 Å². The topological polar surface area (TPSA) is 74.8 Å². The van der Waals surface area contributed by atoms with Crippen LogP contribution in [0.2, 0.25) is 5.02 Å². The first-order valence-electron chi connectivity index (χ1n) is 4.35. The average molecular weight is 258 g/mol. The van der Waals surface area contributed by atoms with Crippen LogP contribution >= 0.6 is 11.6 Å². The van der Waals surface area contributed by atoms with Crippen LogP contribution in [0.15, 0.2) is 41.6 Å². The minimum atomic E-state index is -3.59. The summed E-state index contributed by atoms with van der Waals surface area (Å²) in [4.78, 5) is 0.0764. The molecule has 16 heavy (non-hydrogen) atoms. The van der Waals surface area contributed by atoms with E-state index >= 15 is 0 Å². The summed E-state index contributed by atoms with van der Waals surface area (Å²) >= 11 is 5.75. The van der Waals surface area contributed by atoms with Gasteiger partial charge in [0.2, 0.25) is 0 Å². The molecule has 0 amide bonds. The molecular formula is C9H8ClN3O2S. The van der Waals surface area contributed by atoms with Crippen molar-refractivity contribution in [3.8, 4) is 0 Å². The maximum Gasteiger partial charge on any atom is 0.265 e. The van der Waals surface area contributed by atoms with E-state index in [9.17, 15) is 8.42 Å². The number of hydrogen-bond donors (Lipinski definition) is 2. The lowest BCUT2D eigenvalue weighted by Crippen LogP contribution is -2.11. The summed E-state index contributed by atoms with van der Waals surface area (Å²) in [6, 6.07) is 6.47. The number of aromatic amines is 1. The largest absolute Gasteiger partial charge is 0.284 e. The molecule has 0 atom stereocenters. The summed E-state index contributed by atoms with van der Waals surface area (Å²) in [6.07, 6.45) is 2.53. The third-order valence-electron chi connectivity index (χ3n) is 1.86. The monoisotopic (exact) mass is 257 g/mol. The minimum Gasteiger partial charge on any atom is -0.284 e. The number of anilines is 1. The fourth-order valence-electron chi connectivity index (χ4n) is 1.15. The van der Waals surface area contributed by atoms with Gasteiger partial charge in [-0.2, -0.15) is 5.10 Å². The van der Waals surface area contributed by atoms with Gasteiger partial charge in [-0.1, -0.05) is 17.7 Å². The quantitative estimate of drug-likeness (QED) is 0.881. The van der Waals surface area contributed by atoms with Crippen LogP contribution in [0.1, 0.15) is 0 Å². The number of aromatic nitrogens is 2. The highest BCUT2D eigenvalue weighted by Gasteiger charge is 2.14. The van der Waals surface area contributed by atoms with Crippen LogP contribution in [0.5, 0.6) is 0 Å². The van der Waals surface area contributed by atoms with Gasteiger partial charge >= 0.3 is 0 Å². The van der Waals surface area contributed by atoms with E-state index < -0.39 is 10.0 Å². The zero-order valence-electron chi connectivity index (χ0n) is 8.01. The average Bonchev–Trinajstić information content (AvgIpc) is 2.69. The Kier molecular flexibility index (Phi) is 2.84. The molecule has 2 rings (SSSR count). The molecule has 0 fully saturated rings. The third kappa shape index (κ3) is 2.34. The van der Waals surface area contributed by atoms with Crippen molar-refractivity contribution in [3.05, 3.63) is 41.7 Å². The number of hydrogen-bond acceptors (Lipinski definition) is 3. The van der Waals surface area contributed by atoms with E-state index in [1.54, 1.807) is 18.2 Å². The van der Waals surface area contributed by atoms with Gasteiger partial charge in [0, 0.05) is 11.2 Å². The minimum absolute atomic E-state index is 0.0764. The first-order valence-corrected chi connectivity index (χ1v) is 6.21. The van der Waals surface area contributed by atoms with Crippen LogP contribution < -0.4 is 4.72 Å². The van der Waals surface area contributed by atoms with Crippen LogP contribution in [-0.4, -0.2) is 18.6 Å². The van der Waals surface area contributed by atoms with E-state index in [0.717, 1.165) is 0 Å². The second-order valence-electron chi connectivity index (χ2n) is 3.05. The highest BCUT2D eigenvalue weighted by Crippen LogP contribution is 2.18. The predicted molar refractivity (Wildman–Crippen MR) is 60.8 cm³/mol. The molecular weight excluding hydrogens is 250 g/mol. The lowest BCUT2D eigenvalue weighted by Gasteiger charge is -2.05. The molecule has 2 N–H and O–H groups in total. The van der Waals surface area contributed by atoms with Gasteiger partial charge in [0.05, 0.1) is 11.9 Å². The molecule has 0 unspecified atom stereocenters. The van der Waals surface area contributed by atoms with Crippen molar-refractivity contribution < 1.29 is 8.42 Å². The molecule has 84 valence electrons. The lowest BCUT2D eigenvalue weighted by molar-refractivity contribution is 0.601. The standard InChI is InChI=1S/C9H8ClN3O2S/c10-7-2-1-3-8(4-7)13-16(14,15)9-5-11-12-6-9/h1-6,13H,(H,11,12). The first-order chi connectivity index (χ1) is 7.58. The normalized spacial score (nSPS) is 11.3. The van der Waals surface area contributed by atoms with Crippen molar-refractivity contribution in [1.82, 2.24) is 10.2 Å².